The standard InChI is InChI=1S/C9H10N4O4S/c1-13-4-7(18(10,15)16)8(12-13)11-9(14)6-2-3-17-5-6/h2-5H,1H3,(H2,10,15,16)(H,11,12,14). The largest absolute Gasteiger partial charge is 0.472 e. The van der Waals surface area contributed by atoms with Gasteiger partial charge in [-0.15, -0.1) is 0 Å². The summed E-state index contributed by atoms with van der Waals surface area (Å²) in [5.41, 5.74) is 0.251. The lowest BCUT2D eigenvalue weighted by atomic mass is 10.3. The number of nitrogens with two attached hydrogens (primary N) is 1. The second-order valence-corrected chi connectivity index (χ2v) is 5.06. The van der Waals surface area contributed by atoms with E-state index < -0.39 is 15.9 Å². The number of hydrogen-bond donors (Lipinski definition) is 2. The number of carbonyl (C=O) groups is 1. The monoisotopic (exact) mass is 270 g/mol. The summed E-state index contributed by atoms with van der Waals surface area (Å²) in [6.45, 7) is 0. The predicted octanol–water partition coefficient (Wildman–Crippen LogP) is -0.0872. The van der Waals surface area contributed by atoms with Gasteiger partial charge >= 0.3 is 0 Å². The van der Waals surface area contributed by atoms with E-state index in [1.807, 2.05) is 0 Å². The number of aromatic nitrogens is 2. The van der Waals surface area contributed by atoms with Crippen molar-refractivity contribution in [3.63, 3.8) is 0 Å². The Morgan fingerprint density at radius 3 is 2.83 bits per heavy atom. The number of hydrogen-bond acceptors (Lipinski definition) is 5. The molecule has 2 aromatic rings. The molecule has 2 heterocycles. The van der Waals surface area contributed by atoms with Gasteiger partial charge in [0.1, 0.15) is 11.2 Å². The van der Waals surface area contributed by atoms with Crippen LogP contribution in [-0.4, -0.2) is 24.1 Å². The highest BCUT2D eigenvalue weighted by Gasteiger charge is 2.20. The summed E-state index contributed by atoms with van der Waals surface area (Å²) in [5, 5.41) is 11.2. The van der Waals surface area contributed by atoms with Gasteiger partial charge in [-0.2, -0.15) is 5.10 Å². The molecule has 0 aliphatic rings. The fraction of sp³-hybridized carbons (Fsp3) is 0.111. The predicted molar refractivity (Wildman–Crippen MR) is 61.2 cm³/mol. The van der Waals surface area contributed by atoms with Crippen molar-refractivity contribution >= 4 is 21.7 Å². The third-order valence-corrected chi connectivity index (χ3v) is 3.03. The van der Waals surface area contributed by atoms with Gasteiger partial charge in [0.2, 0.25) is 10.0 Å². The number of sulfonamides is 1. The average Bonchev–Trinajstić information content (AvgIpc) is 2.85. The zero-order valence-corrected chi connectivity index (χ0v) is 10.1. The Labute approximate surface area is 102 Å². The van der Waals surface area contributed by atoms with E-state index in [2.05, 4.69) is 10.4 Å². The molecule has 0 aliphatic heterocycles. The van der Waals surface area contributed by atoms with Crippen LogP contribution in [0.25, 0.3) is 0 Å². The Kier molecular flexibility index (Phi) is 2.93. The van der Waals surface area contributed by atoms with Crippen LogP contribution < -0.4 is 10.5 Å². The van der Waals surface area contributed by atoms with E-state index in [-0.39, 0.29) is 16.3 Å². The van der Waals surface area contributed by atoms with Gasteiger partial charge in [0.15, 0.2) is 5.82 Å². The van der Waals surface area contributed by atoms with Crippen LogP contribution in [0.3, 0.4) is 0 Å². The molecule has 2 aromatic heterocycles. The number of amides is 1. The number of furan rings is 1. The first-order valence-corrected chi connectivity index (χ1v) is 6.32. The zero-order chi connectivity index (χ0) is 13.3. The molecule has 0 saturated carbocycles. The number of nitrogens with zero attached hydrogens (tertiary/aromatic N) is 2. The van der Waals surface area contributed by atoms with E-state index in [1.54, 1.807) is 0 Å². The molecular weight excluding hydrogens is 260 g/mol. The number of rotatable bonds is 3. The molecule has 9 heteroatoms. The van der Waals surface area contributed by atoms with Crippen LogP contribution in [-0.2, 0) is 17.1 Å². The van der Waals surface area contributed by atoms with Crippen LogP contribution in [0.15, 0.2) is 34.1 Å². The molecule has 0 aromatic carbocycles. The van der Waals surface area contributed by atoms with Crippen molar-refractivity contribution in [1.82, 2.24) is 9.78 Å². The van der Waals surface area contributed by atoms with Crippen LogP contribution in [0, 0.1) is 0 Å². The third kappa shape index (κ3) is 2.41. The molecular formula is C9H10N4O4S. The Bertz CT molecular complexity index is 671. The lowest BCUT2D eigenvalue weighted by Crippen LogP contribution is -2.17. The fourth-order valence-electron chi connectivity index (χ4n) is 1.33. The first-order valence-electron chi connectivity index (χ1n) is 4.78. The topological polar surface area (TPSA) is 120 Å². The summed E-state index contributed by atoms with van der Waals surface area (Å²) in [5.74, 6) is -0.654. The van der Waals surface area contributed by atoms with Gasteiger partial charge in [0.25, 0.3) is 5.91 Å². The summed E-state index contributed by atoms with van der Waals surface area (Å²) in [6.07, 6.45) is 3.77. The smallest absolute Gasteiger partial charge is 0.260 e. The minimum absolute atomic E-state index is 0.119. The minimum atomic E-state index is -3.95. The van der Waals surface area contributed by atoms with Gasteiger partial charge in [-0.3, -0.25) is 9.48 Å². The Balaban J connectivity index is 2.33. The van der Waals surface area contributed by atoms with E-state index in [0.29, 0.717) is 0 Å². The molecule has 18 heavy (non-hydrogen) atoms. The van der Waals surface area contributed by atoms with Gasteiger partial charge in [0, 0.05) is 13.2 Å². The van der Waals surface area contributed by atoms with Crippen LogP contribution in [0.4, 0.5) is 5.82 Å². The van der Waals surface area contributed by atoms with Crippen molar-refractivity contribution < 1.29 is 17.6 Å². The quantitative estimate of drug-likeness (QED) is 0.807. The summed E-state index contributed by atoms with van der Waals surface area (Å²) in [4.78, 5) is 11.5. The molecule has 0 bridgehead atoms. The molecule has 0 saturated heterocycles. The van der Waals surface area contributed by atoms with Crippen molar-refractivity contribution in [1.29, 1.82) is 0 Å². The summed E-state index contributed by atoms with van der Waals surface area (Å²) in [7, 11) is -2.43. The molecule has 0 fully saturated rings. The first kappa shape index (κ1) is 12.3. The molecule has 0 aliphatic carbocycles. The summed E-state index contributed by atoms with van der Waals surface area (Å²) >= 11 is 0. The number of primary sulfonamides is 1. The maximum Gasteiger partial charge on any atom is 0.260 e. The lowest BCUT2D eigenvalue weighted by molar-refractivity contribution is 0.102. The second kappa shape index (κ2) is 4.27. The third-order valence-electron chi connectivity index (χ3n) is 2.12. The molecule has 1 amide bonds. The van der Waals surface area contributed by atoms with E-state index in [1.165, 1.54) is 36.5 Å². The van der Waals surface area contributed by atoms with E-state index >= 15 is 0 Å². The Morgan fingerprint density at radius 2 is 2.28 bits per heavy atom. The molecule has 0 unspecified atom stereocenters. The molecule has 0 spiro atoms. The molecule has 96 valence electrons. The number of carbonyl (C=O) groups excluding carboxylic acids is 1. The molecule has 8 nitrogen and oxygen atoms in total. The molecule has 0 radical (unpaired) electrons. The minimum Gasteiger partial charge on any atom is -0.472 e. The van der Waals surface area contributed by atoms with E-state index in [4.69, 9.17) is 9.56 Å². The van der Waals surface area contributed by atoms with Crippen LogP contribution in [0.5, 0.6) is 0 Å². The van der Waals surface area contributed by atoms with Gasteiger partial charge in [-0.1, -0.05) is 0 Å². The van der Waals surface area contributed by atoms with E-state index in [0.717, 1.165) is 0 Å². The zero-order valence-electron chi connectivity index (χ0n) is 9.32. The SMILES string of the molecule is Cn1cc(S(N)(=O)=O)c(NC(=O)c2ccoc2)n1. The van der Waals surface area contributed by atoms with Crippen LogP contribution in [0.2, 0.25) is 0 Å². The lowest BCUT2D eigenvalue weighted by Gasteiger charge is -2.01. The van der Waals surface area contributed by atoms with Crippen molar-refractivity contribution in [2.45, 2.75) is 4.90 Å². The van der Waals surface area contributed by atoms with Crippen molar-refractivity contribution in [3.05, 3.63) is 30.4 Å². The highest BCUT2D eigenvalue weighted by molar-refractivity contribution is 7.89. The first-order chi connectivity index (χ1) is 8.38. The fourth-order valence-corrected chi connectivity index (χ4v) is 2.00. The maximum atomic E-state index is 11.7. The van der Waals surface area contributed by atoms with Gasteiger partial charge in [-0.25, -0.2) is 13.6 Å². The second-order valence-electron chi connectivity index (χ2n) is 3.53. The Morgan fingerprint density at radius 1 is 1.56 bits per heavy atom. The summed E-state index contributed by atoms with van der Waals surface area (Å²) in [6, 6.07) is 1.44. The van der Waals surface area contributed by atoms with Crippen LogP contribution in [0.1, 0.15) is 10.4 Å². The van der Waals surface area contributed by atoms with Crippen molar-refractivity contribution in [3.8, 4) is 0 Å². The van der Waals surface area contributed by atoms with Crippen molar-refractivity contribution in [2.24, 2.45) is 12.2 Å². The molecule has 0 atom stereocenters. The van der Waals surface area contributed by atoms with Gasteiger partial charge in [0.05, 0.1) is 11.8 Å². The average molecular weight is 270 g/mol. The number of nitrogens with one attached hydrogen (secondary N) is 1. The van der Waals surface area contributed by atoms with Gasteiger partial charge < -0.3 is 9.73 Å². The maximum absolute atomic E-state index is 11.7. The van der Waals surface area contributed by atoms with E-state index in [9.17, 15) is 13.2 Å². The number of anilines is 1. The van der Waals surface area contributed by atoms with Crippen molar-refractivity contribution in [2.75, 3.05) is 5.32 Å². The summed E-state index contributed by atoms with van der Waals surface area (Å²) < 4.78 is 28.6. The Hall–Kier alpha value is -2.13. The highest BCUT2D eigenvalue weighted by atomic mass is 32.2. The normalized spacial score (nSPS) is 11.4. The molecule has 2 rings (SSSR count). The van der Waals surface area contributed by atoms with Crippen LogP contribution >= 0.6 is 0 Å². The van der Waals surface area contributed by atoms with Gasteiger partial charge in [-0.05, 0) is 6.07 Å². The number of aryl methyl sites for hydroxylation is 1. The highest BCUT2D eigenvalue weighted by Crippen LogP contribution is 2.18. The molecule has 3 N–H and O–H groups in total.